The minimum absolute atomic E-state index is 0.193. The Morgan fingerprint density at radius 2 is 1.94 bits per heavy atom. The first-order valence-corrected chi connectivity index (χ1v) is 10.6. The molecule has 0 aliphatic rings. The molecule has 2 aromatic carbocycles. The summed E-state index contributed by atoms with van der Waals surface area (Å²) in [5.74, 6) is 0.294. The van der Waals surface area contributed by atoms with Crippen molar-refractivity contribution >= 4 is 17.6 Å². The van der Waals surface area contributed by atoms with Crippen LogP contribution in [0.25, 0.3) is 28.0 Å². The maximum atomic E-state index is 13.6. The van der Waals surface area contributed by atoms with E-state index in [9.17, 15) is 13.2 Å². The molecule has 0 bridgehead atoms. The number of methoxy groups -OCH3 is 1. The average Bonchev–Trinajstić information content (AvgIpc) is 3.21. The van der Waals surface area contributed by atoms with Gasteiger partial charge >= 0.3 is 6.18 Å². The predicted octanol–water partition coefficient (Wildman–Crippen LogP) is 6.86. The molecule has 0 amide bonds. The Hall–Kier alpha value is -2.87. The van der Waals surface area contributed by atoms with Gasteiger partial charge in [0.15, 0.2) is 5.82 Å². The molecule has 1 aromatic heterocycles. The molecule has 8 heteroatoms. The Morgan fingerprint density at radius 1 is 1.16 bits per heavy atom. The van der Waals surface area contributed by atoms with Crippen molar-refractivity contribution in [2.24, 2.45) is 0 Å². The summed E-state index contributed by atoms with van der Waals surface area (Å²) in [7, 11) is 1.58. The van der Waals surface area contributed by atoms with Crippen LogP contribution in [0.1, 0.15) is 37.5 Å². The summed E-state index contributed by atoms with van der Waals surface area (Å²) in [6.45, 7) is 5.40. The van der Waals surface area contributed by atoms with Crippen LogP contribution in [0.4, 0.5) is 13.2 Å². The molecule has 3 rings (SSSR count). The van der Waals surface area contributed by atoms with Crippen LogP contribution in [-0.4, -0.2) is 22.6 Å². The van der Waals surface area contributed by atoms with Crippen LogP contribution in [0.15, 0.2) is 42.7 Å². The fourth-order valence-electron chi connectivity index (χ4n) is 3.20. The summed E-state index contributed by atoms with van der Waals surface area (Å²) in [5.41, 5.74) is 2.39. The van der Waals surface area contributed by atoms with Crippen molar-refractivity contribution in [1.82, 2.24) is 9.36 Å². The Bertz CT molecular complexity index is 1070. The van der Waals surface area contributed by atoms with Gasteiger partial charge in [0, 0.05) is 11.1 Å². The molecule has 0 aliphatic carbocycles. The normalized spacial score (nSPS) is 12.0. The Kier molecular flexibility index (Phi) is 7.00. The first kappa shape index (κ1) is 22.8. The van der Waals surface area contributed by atoms with Crippen LogP contribution >= 0.6 is 11.5 Å². The third-order valence-corrected chi connectivity index (χ3v) is 5.28. The molecule has 31 heavy (non-hydrogen) atoms. The summed E-state index contributed by atoms with van der Waals surface area (Å²) in [4.78, 5) is 4.54. The standard InChI is InChI=1S/C23H23F3N2O2S/c1-5-17-15(11-12-29-4)7-6-8-18(17)21-27-22(31-28-21)16-9-10-20(30-14(2)3)19(13-16)23(24,25)26/h6-14H,5H2,1-4H3/b12-11+. The highest BCUT2D eigenvalue weighted by molar-refractivity contribution is 7.09. The smallest absolute Gasteiger partial charge is 0.419 e. The van der Waals surface area contributed by atoms with Gasteiger partial charge in [0.2, 0.25) is 0 Å². The number of aromatic nitrogens is 2. The summed E-state index contributed by atoms with van der Waals surface area (Å²) >= 11 is 1.07. The molecule has 0 radical (unpaired) electrons. The van der Waals surface area contributed by atoms with Crippen LogP contribution in [0.5, 0.6) is 5.75 Å². The van der Waals surface area contributed by atoms with Gasteiger partial charge in [-0.2, -0.15) is 17.5 Å². The van der Waals surface area contributed by atoms with E-state index in [1.165, 1.54) is 6.07 Å². The lowest BCUT2D eigenvalue weighted by molar-refractivity contribution is -0.139. The molecule has 0 unspecified atom stereocenters. The van der Waals surface area contributed by atoms with Crippen molar-refractivity contribution in [2.45, 2.75) is 39.5 Å². The molecule has 0 fully saturated rings. The largest absolute Gasteiger partial charge is 0.504 e. The fraction of sp³-hybridized carbons (Fsp3) is 0.304. The highest BCUT2D eigenvalue weighted by Crippen LogP contribution is 2.40. The number of benzene rings is 2. The zero-order valence-corrected chi connectivity index (χ0v) is 18.5. The Labute approximate surface area is 183 Å². The third-order valence-electron chi connectivity index (χ3n) is 4.51. The number of halogens is 3. The van der Waals surface area contributed by atoms with Crippen LogP contribution < -0.4 is 4.74 Å². The van der Waals surface area contributed by atoms with Gasteiger partial charge in [-0.05, 0) is 67.2 Å². The zero-order valence-electron chi connectivity index (χ0n) is 17.7. The Balaban J connectivity index is 2.03. The van der Waals surface area contributed by atoms with Gasteiger partial charge in [-0.15, -0.1) is 0 Å². The van der Waals surface area contributed by atoms with E-state index in [-0.39, 0.29) is 11.9 Å². The molecule has 1 heterocycles. The molecular weight excluding hydrogens is 425 g/mol. The number of rotatable bonds is 7. The van der Waals surface area contributed by atoms with E-state index in [0.29, 0.717) is 16.4 Å². The molecule has 164 valence electrons. The number of hydrogen-bond acceptors (Lipinski definition) is 5. The lowest BCUT2D eigenvalue weighted by atomic mass is 9.98. The lowest BCUT2D eigenvalue weighted by Gasteiger charge is -2.16. The molecule has 0 aliphatic heterocycles. The Morgan fingerprint density at radius 3 is 2.58 bits per heavy atom. The van der Waals surface area contributed by atoms with E-state index in [1.807, 2.05) is 31.2 Å². The summed E-state index contributed by atoms with van der Waals surface area (Å²) in [5, 5.41) is 0.413. The second kappa shape index (κ2) is 9.51. The SMILES string of the molecule is CCc1c(/C=C/OC)cccc1-c1nsc(-c2ccc(OC(C)C)c(C(F)(F)F)c2)n1. The van der Waals surface area contributed by atoms with Crippen molar-refractivity contribution in [1.29, 1.82) is 0 Å². The minimum Gasteiger partial charge on any atom is -0.504 e. The van der Waals surface area contributed by atoms with E-state index in [2.05, 4.69) is 9.36 Å². The van der Waals surface area contributed by atoms with Crippen molar-refractivity contribution in [3.8, 4) is 27.7 Å². The van der Waals surface area contributed by atoms with Crippen LogP contribution in [0.3, 0.4) is 0 Å². The molecule has 4 nitrogen and oxygen atoms in total. The van der Waals surface area contributed by atoms with Crippen LogP contribution in [-0.2, 0) is 17.3 Å². The molecule has 0 spiro atoms. The number of nitrogens with zero attached hydrogens (tertiary/aromatic N) is 2. The molecule has 0 N–H and O–H groups in total. The highest BCUT2D eigenvalue weighted by Gasteiger charge is 2.35. The van der Waals surface area contributed by atoms with Crippen molar-refractivity contribution < 1.29 is 22.6 Å². The van der Waals surface area contributed by atoms with E-state index in [1.54, 1.807) is 33.3 Å². The van der Waals surface area contributed by atoms with Crippen molar-refractivity contribution in [3.05, 3.63) is 59.4 Å². The molecule has 3 aromatic rings. The van der Waals surface area contributed by atoms with Gasteiger partial charge in [-0.3, -0.25) is 0 Å². The number of hydrogen-bond donors (Lipinski definition) is 0. The van der Waals surface area contributed by atoms with Gasteiger partial charge < -0.3 is 9.47 Å². The number of ether oxygens (including phenoxy) is 2. The van der Waals surface area contributed by atoms with Crippen molar-refractivity contribution in [2.75, 3.05) is 7.11 Å². The van der Waals surface area contributed by atoms with Gasteiger partial charge in [0.1, 0.15) is 10.8 Å². The molecule has 0 atom stereocenters. The first-order chi connectivity index (χ1) is 14.7. The average molecular weight is 449 g/mol. The van der Waals surface area contributed by atoms with E-state index < -0.39 is 11.7 Å². The topological polar surface area (TPSA) is 44.2 Å². The van der Waals surface area contributed by atoms with Gasteiger partial charge in [0.25, 0.3) is 0 Å². The molecular formula is C23H23F3N2O2S. The maximum absolute atomic E-state index is 13.6. The van der Waals surface area contributed by atoms with Gasteiger partial charge in [-0.1, -0.05) is 25.1 Å². The quantitative estimate of drug-likeness (QED) is 0.371. The van der Waals surface area contributed by atoms with Gasteiger partial charge in [0.05, 0.1) is 25.0 Å². The molecule has 0 saturated carbocycles. The molecule has 0 saturated heterocycles. The highest BCUT2D eigenvalue weighted by atomic mass is 32.1. The summed E-state index contributed by atoms with van der Waals surface area (Å²) < 4.78 is 55.5. The lowest BCUT2D eigenvalue weighted by Crippen LogP contribution is -2.13. The number of alkyl halides is 3. The van der Waals surface area contributed by atoms with E-state index in [0.717, 1.165) is 40.7 Å². The maximum Gasteiger partial charge on any atom is 0.419 e. The van der Waals surface area contributed by atoms with E-state index in [4.69, 9.17) is 9.47 Å². The van der Waals surface area contributed by atoms with Gasteiger partial charge in [-0.25, -0.2) is 4.98 Å². The summed E-state index contributed by atoms with van der Waals surface area (Å²) in [6, 6.07) is 9.76. The van der Waals surface area contributed by atoms with Crippen molar-refractivity contribution in [3.63, 3.8) is 0 Å². The van der Waals surface area contributed by atoms with Crippen LogP contribution in [0.2, 0.25) is 0 Å². The second-order valence-corrected chi connectivity index (χ2v) is 7.82. The minimum atomic E-state index is -4.54. The van der Waals surface area contributed by atoms with Crippen LogP contribution in [0, 0.1) is 0 Å². The van der Waals surface area contributed by atoms with E-state index >= 15 is 0 Å². The monoisotopic (exact) mass is 448 g/mol. The second-order valence-electron chi connectivity index (χ2n) is 7.06. The fourth-order valence-corrected chi connectivity index (χ4v) is 3.87. The predicted molar refractivity (Wildman–Crippen MR) is 117 cm³/mol. The first-order valence-electron chi connectivity index (χ1n) is 9.78. The zero-order chi connectivity index (χ0) is 22.6. The third kappa shape index (κ3) is 5.25. The summed E-state index contributed by atoms with van der Waals surface area (Å²) in [6.07, 6.45) is -0.707.